The Morgan fingerprint density at radius 3 is 2.22 bits per heavy atom. The third-order valence-corrected chi connectivity index (χ3v) is 6.62. The van der Waals surface area contributed by atoms with Crippen molar-refractivity contribution >= 4 is 5.97 Å². The minimum absolute atomic E-state index is 0.136. The Labute approximate surface area is 139 Å². The Morgan fingerprint density at radius 1 is 1.13 bits per heavy atom. The summed E-state index contributed by atoms with van der Waals surface area (Å²) in [6.07, 6.45) is 7.42. The van der Waals surface area contributed by atoms with Gasteiger partial charge in [0.25, 0.3) is 0 Å². The van der Waals surface area contributed by atoms with Gasteiger partial charge < -0.3 is 14.9 Å². The molecule has 0 aromatic carbocycles. The van der Waals surface area contributed by atoms with E-state index in [1.165, 1.54) is 0 Å². The number of esters is 1. The van der Waals surface area contributed by atoms with Crippen molar-refractivity contribution in [2.75, 3.05) is 0 Å². The molecule has 4 aliphatic carbocycles. The number of unbranched alkanes of at least 4 members (excludes halogenated alkanes) is 1. The zero-order chi connectivity index (χ0) is 16.9. The molecule has 0 aromatic heterocycles. The molecule has 0 aliphatic heterocycles. The molecule has 3 atom stereocenters. The van der Waals surface area contributed by atoms with E-state index in [1.54, 1.807) is 0 Å². The van der Waals surface area contributed by atoms with Crippen LogP contribution in [0.2, 0.25) is 0 Å². The molecule has 0 amide bonds. The Bertz CT molecular complexity index is 470. The molecular formula is C19H32O4. The quantitative estimate of drug-likeness (QED) is 0.735. The summed E-state index contributed by atoms with van der Waals surface area (Å²) in [5.74, 6) is 0.139. The molecule has 23 heavy (non-hydrogen) atoms. The molecule has 4 heteroatoms. The van der Waals surface area contributed by atoms with E-state index in [0.29, 0.717) is 19.3 Å². The third-order valence-electron chi connectivity index (χ3n) is 6.62. The highest BCUT2D eigenvalue weighted by Crippen LogP contribution is 2.60. The van der Waals surface area contributed by atoms with E-state index in [4.69, 9.17) is 4.74 Å². The van der Waals surface area contributed by atoms with Crippen LogP contribution < -0.4 is 0 Å². The molecule has 4 bridgehead atoms. The lowest BCUT2D eigenvalue weighted by atomic mass is 9.50. The number of rotatable bonds is 6. The molecule has 4 rings (SSSR count). The SMILES string of the molecule is CCCCC(C)(CC)C(=O)OC12CC3CC(O)(CC(O)(C3)C1)C2. The molecule has 3 unspecified atom stereocenters. The number of carbonyl (C=O) groups excluding carboxylic acids is 1. The average molecular weight is 324 g/mol. The maximum absolute atomic E-state index is 12.9. The van der Waals surface area contributed by atoms with E-state index >= 15 is 0 Å². The number of aliphatic hydroxyl groups is 2. The Kier molecular flexibility index (Phi) is 4.08. The van der Waals surface area contributed by atoms with Gasteiger partial charge in [0, 0.05) is 19.3 Å². The van der Waals surface area contributed by atoms with Crippen LogP contribution in [0.3, 0.4) is 0 Å². The zero-order valence-corrected chi connectivity index (χ0v) is 14.9. The van der Waals surface area contributed by atoms with E-state index in [0.717, 1.165) is 44.9 Å². The van der Waals surface area contributed by atoms with Gasteiger partial charge in [0.2, 0.25) is 0 Å². The first kappa shape index (κ1) is 17.2. The zero-order valence-electron chi connectivity index (χ0n) is 14.9. The van der Waals surface area contributed by atoms with Gasteiger partial charge in [-0.15, -0.1) is 0 Å². The van der Waals surface area contributed by atoms with Crippen molar-refractivity contribution in [1.29, 1.82) is 0 Å². The number of carbonyl (C=O) groups is 1. The van der Waals surface area contributed by atoms with Crippen LogP contribution in [-0.4, -0.2) is 33.0 Å². The number of hydrogen-bond donors (Lipinski definition) is 2. The van der Waals surface area contributed by atoms with Gasteiger partial charge in [-0.25, -0.2) is 0 Å². The molecule has 2 N–H and O–H groups in total. The molecule has 0 aromatic rings. The van der Waals surface area contributed by atoms with Crippen molar-refractivity contribution in [2.24, 2.45) is 11.3 Å². The summed E-state index contributed by atoms with van der Waals surface area (Å²) in [5.41, 5.74) is -2.80. The van der Waals surface area contributed by atoms with Crippen LogP contribution in [0, 0.1) is 11.3 Å². The summed E-state index contributed by atoms with van der Waals surface area (Å²) in [5, 5.41) is 21.6. The molecular weight excluding hydrogens is 292 g/mol. The first-order valence-electron chi connectivity index (χ1n) is 9.34. The fourth-order valence-corrected chi connectivity index (χ4v) is 5.67. The predicted molar refractivity (Wildman–Crippen MR) is 87.8 cm³/mol. The standard InChI is InChI=1S/C19H32O4/c1-4-6-7-16(3,5-2)15(20)23-19-10-14-8-17(21,12-19)11-18(22,9-14)13-19/h14,21-22H,4-13H2,1-3H3. The summed E-state index contributed by atoms with van der Waals surface area (Å²) in [6.45, 7) is 6.16. The van der Waals surface area contributed by atoms with Crippen molar-refractivity contribution in [3.63, 3.8) is 0 Å². The molecule has 4 fully saturated rings. The van der Waals surface area contributed by atoms with E-state index in [-0.39, 0.29) is 11.9 Å². The van der Waals surface area contributed by atoms with Crippen molar-refractivity contribution in [3.05, 3.63) is 0 Å². The van der Waals surface area contributed by atoms with Gasteiger partial charge in [0.1, 0.15) is 5.60 Å². The lowest BCUT2D eigenvalue weighted by molar-refractivity contribution is -0.264. The Hall–Kier alpha value is -0.610. The van der Waals surface area contributed by atoms with Crippen molar-refractivity contribution in [3.8, 4) is 0 Å². The Balaban J connectivity index is 1.78. The van der Waals surface area contributed by atoms with Crippen LogP contribution in [0.5, 0.6) is 0 Å². The summed E-state index contributed by atoms with van der Waals surface area (Å²) >= 11 is 0. The number of ether oxygens (including phenoxy) is 1. The van der Waals surface area contributed by atoms with Crippen molar-refractivity contribution in [1.82, 2.24) is 0 Å². The molecule has 4 nitrogen and oxygen atoms in total. The summed E-state index contributed by atoms with van der Waals surface area (Å²) in [7, 11) is 0. The first-order valence-corrected chi connectivity index (χ1v) is 9.34. The lowest BCUT2D eigenvalue weighted by Crippen LogP contribution is -2.67. The van der Waals surface area contributed by atoms with Gasteiger partial charge in [0.15, 0.2) is 0 Å². The predicted octanol–water partition coefficient (Wildman–Crippen LogP) is 3.33. The molecule has 0 spiro atoms. The first-order chi connectivity index (χ1) is 10.7. The second-order valence-corrected chi connectivity index (χ2v) is 9.05. The van der Waals surface area contributed by atoms with Crippen LogP contribution >= 0.6 is 0 Å². The minimum Gasteiger partial charge on any atom is -0.458 e. The maximum atomic E-state index is 12.9. The van der Waals surface area contributed by atoms with E-state index < -0.39 is 22.2 Å². The third kappa shape index (κ3) is 3.05. The van der Waals surface area contributed by atoms with Gasteiger partial charge in [-0.05, 0) is 44.9 Å². The van der Waals surface area contributed by atoms with Crippen molar-refractivity contribution < 1.29 is 19.7 Å². The minimum atomic E-state index is -0.847. The van der Waals surface area contributed by atoms with Crippen molar-refractivity contribution in [2.45, 2.75) is 102 Å². The van der Waals surface area contributed by atoms with E-state index in [1.807, 2.05) is 13.8 Å². The fraction of sp³-hybridized carbons (Fsp3) is 0.947. The van der Waals surface area contributed by atoms with Crippen LogP contribution in [0.15, 0.2) is 0 Å². The average Bonchev–Trinajstić information content (AvgIpc) is 2.40. The molecule has 132 valence electrons. The number of hydrogen-bond acceptors (Lipinski definition) is 4. The van der Waals surface area contributed by atoms with Gasteiger partial charge in [-0.1, -0.05) is 26.7 Å². The summed E-state index contributed by atoms with van der Waals surface area (Å²) in [6, 6.07) is 0. The second-order valence-electron chi connectivity index (χ2n) is 9.05. The summed E-state index contributed by atoms with van der Waals surface area (Å²) in [4.78, 5) is 12.9. The molecule has 0 saturated heterocycles. The highest BCUT2D eigenvalue weighted by atomic mass is 16.6. The van der Waals surface area contributed by atoms with Gasteiger partial charge in [-0.2, -0.15) is 0 Å². The lowest BCUT2D eigenvalue weighted by Gasteiger charge is -2.62. The topological polar surface area (TPSA) is 66.8 Å². The molecule has 4 aliphatic rings. The van der Waals surface area contributed by atoms with Crippen LogP contribution in [-0.2, 0) is 9.53 Å². The second kappa shape index (κ2) is 5.45. The van der Waals surface area contributed by atoms with E-state index in [9.17, 15) is 15.0 Å². The van der Waals surface area contributed by atoms with Gasteiger partial charge in [-0.3, -0.25) is 4.79 Å². The molecule has 0 heterocycles. The fourth-order valence-electron chi connectivity index (χ4n) is 5.67. The Morgan fingerprint density at radius 2 is 1.74 bits per heavy atom. The van der Waals surface area contributed by atoms with Gasteiger partial charge in [0.05, 0.1) is 16.6 Å². The van der Waals surface area contributed by atoms with Crippen LogP contribution in [0.4, 0.5) is 0 Å². The van der Waals surface area contributed by atoms with E-state index in [2.05, 4.69) is 6.92 Å². The van der Waals surface area contributed by atoms with Crippen LogP contribution in [0.25, 0.3) is 0 Å². The highest BCUT2D eigenvalue weighted by molar-refractivity contribution is 5.76. The monoisotopic (exact) mass is 324 g/mol. The highest BCUT2D eigenvalue weighted by Gasteiger charge is 2.64. The van der Waals surface area contributed by atoms with Crippen LogP contribution in [0.1, 0.15) is 85.0 Å². The normalized spacial score (nSPS) is 44.1. The summed E-state index contributed by atoms with van der Waals surface area (Å²) < 4.78 is 6.08. The van der Waals surface area contributed by atoms with Gasteiger partial charge >= 0.3 is 5.97 Å². The maximum Gasteiger partial charge on any atom is 0.312 e. The molecule has 4 saturated carbocycles. The largest absolute Gasteiger partial charge is 0.458 e. The molecule has 0 radical (unpaired) electrons. The smallest absolute Gasteiger partial charge is 0.312 e.